The normalized spacial score (nSPS) is 18.1. The van der Waals surface area contributed by atoms with E-state index in [2.05, 4.69) is 0 Å². The third-order valence-electron chi connectivity index (χ3n) is 4.37. The van der Waals surface area contributed by atoms with Gasteiger partial charge in [-0.1, -0.05) is 0 Å². The van der Waals surface area contributed by atoms with E-state index in [1.54, 1.807) is 19.6 Å². The Morgan fingerprint density at radius 3 is 0.733 bits per heavy atom. The van der Waals surface area contributed by atoms with Crippen LogP contribution in [0, 0.1) is 0 Å². The molecule has 14 heteroatoms. The molecule has 0 spiro atoms. The first-order valence-corrected chi connectivity index (χ1v) is 8.92. The summed E-state index contributed by atoms with van der Waals surface area (Å²) in [6.07, 6.45) is 0. The molecule has 1 saturated heterocycles. The van der Waals surface area contributed by atoms with E-state index in [-0.39, 0.29) is 74.2 Å². The number of carboxylic acid groups (broad SMARTS) is 4. The molecule has 170 valence electrons. The summed E-state index contributed by atoms with van der Waals surface area (Å²) in [5, 5.41) is 36.3. The van der Waals surface area contributed by atoms with E-state index >= 15 is 0 Å². The van der Waals surface area contributed by atoms with Crippen molar-refractivity contribution in [1.29, 1.82) is 0 Å². The quantitative estimate of drug-likeness (QED) is 0.243. The van der Waals surface area contributed by atoms with Crippen molar-refractivity contribution >= 4 is 23.9 Å². The summed E-state index contributed by atoms with van der Waals surface area (Å²) in [6.45, 7) is 1.52. The van der Waals surface area contributed by atoms with Gasteiger partial charge in [0.05, 0.1) is 26.2 Å². The van der Waals surface area contributed by atoms with Crippen LogP contribution >= 0.6 is 0 Å². The molecule has 1 aliphatic heterocycles. The summed E-state index contributed by atoms with van der Waals surface area (Å²) < 4.78 is 0. The maximum Gasteiger partial charge on any atom is 1.00 e. The Balaban J connectivity index is -0.00000261. The predicted molar refractivity (Wildman–Crippen MR) is 97.4 cm³/mol. The molecule has 1 rings (SSSR count). The smallest absolute Gasteiger partial charge is 1.00 e. The molecule has 0 radical (unpaired) electrons. The van der Waals surface area contributed by atoms with Gasteiger partial charge in [-0.25, -0.2) is 0 Å². The zero-order valence-electron chi connectivity index (χ0n) is 18.0. The molecule has 0 aromatic carbocycles. The van der Waals surface area contributed by atoms with Crippen LogP contribution in [0.15, 0.2) is 0 Å². The number of carbonyl (C=O) groups is 4. The summed E-state index contributed by atoms with van der Waals surface area (Å²) in [6, 6.07) is 0. The van der Waals surface area contributed by atoms with Crippen molar-refractivity contribution < 1.29 is 87.7 Å². The average molecular weight is 484 g/mol. The van der Waals surface area contributed by atoms with Crippen LogP contribution in [0.3, 0.4) is 0 Å². The van der Waals surface area contributed by atoms with Crippen LogP contribution in [-0.4, -0.2) is 142 Å². The monoisotopic (exact) mass is 484 g/mol. The van der Waals surface area contributed by atoms with Crippen molar-refractivity contribution in [2.45, 2.75) is 0 Å². The van der Waals surface area contributed by atoms with E-state index in [0.717, 1.165) is 0 Å². The van der Waals surface area contributed by atoms with Gasteiger partial charge < -0.3 is 21.9 Å². The summed E-state index contributed by atoms with van der Waals surface area (Å²) in [5.74, 6) is -4.08. The Morgan fingerprint density at radius 2 is 0.633 bits per heavy atom. The van der Waals surface area contributed by atoms with E-state index in [9.17, 15) is 19.2 Å². The van der Waals surface area contributed by atoms with Gasteiger partial charge in [-0.15, -0.1) is 0 Å². The first-order valence-electron chi connectivity index (χ1n) is 8.92. The van der Waals surface area contributed by atoms with Gasteiger partial charge in [0.15, 0.2) is 0 Å². The number of hydrogen-bond donors (Lipinski definition) is 4. The van der Waals surface area contributed by atoms with Gasteiger partial charge in [0.2, 0.25) is 0 Å². The fourth-order valence-electron chi connectivity index (χ4n) is 2.98. The molecule has 0 bridgehead atoms. The van der Waals surface area contributed by atoms with Gasteiger partial charge >= 0.3 is 53.4 Å². The second kappa shape index (κ2) is 16.9. The topological polar surface area (TPSA) is 162 Å². The number of hydrogen-bond acceptors (Lipinski definition) is 8. The van der Waals surface area contributed by atoms with Crippen LogP contribution in [0.2, 0.25) is 0 Å². The van der Waals surface area contributed by atoms with E-state index in [0.29, 0.717) is 52.4 Å². The number of rotatable bonds is 8. The van der Waals surface area contributed by atoms with Crippen molar-refractivity contribution in [2.75, 3.05) is 78.5 Å². The third kappa shape index (κ3) is 15.1. The van der Waals surface area contributed by atoms with Crippen molar-refractivity contribution in [3.63, 3.8) is 0 Å². The minimum Gasteiger partial charge on any atom is -1.00 e. The molecular formula is C16H29FeN4NaO8. The molecule has 0 aromatic rings. The molecule has 12 nitrogen and oxygen atoms in total. The fourth-order valence-corrected chi connectivity index (χ4v) is 2.98. The minimum atomic E-state index is -1.02. The summed E-state index contributed by atoms with van der Waals surface area (Å²) in [5.41, 5.74) is 0. The van der Waals surface area contributed by atoms with Gasteiger partial charge in [-0.3, -0.25) is 38.8 Å². The zero-order chi connectivity index (χ0) is 21.1. The Morgan fingerprint density at radius 1 is 0.500 bits per heavy atom. The minimum absolute atomic E-state index is 0. The maximum absolute atomic E-state index is 11.1. The van der Waals surface area contributed by atoms with Gasteiger partial charge in [0.1, 0.15) is 0 Å². The molecule has 30 heavy (non-hydrogen) atoms. The van der Waals surface area contributed by atoms with Gasteiger partial charge in [-0.05, 0) is 0 Å². The second-order valence-electron chi connectivity index (χ2n) is 6.68. The number of aliphatic carboxylic acids is 4. The first kappa shape index (κ1) is 31.4. The molecule has 1 heterocycles. The molecule has 0 unspecified atom stereocenters. The van der Waals surface area contributed by atoms with Crippen LogP contribution in [0.5, 0.6) is 0 Å². The van der Waals surface area contributed by atoms with Gasteiger partial charge in [0, 0.05) is 69.4 Å². The number of nitrogens with zero attached hydrogens (tertiary/aromatic N) is 4. The largest absolute Gasteiger partial charge is 1.00 e. The van der Waals surface area contributed by atoms with Crippen LogP contribution in [0.4, 0.5) is 0 Å². The Hall–Kier alpha value is -0.761. The Labute approximate surface area is 209 Å². The zero-order valence-corrected chi connectivity index (χ0v) is 20.2. The number of carboxylic acids is 4. The SMILES string of the molecule is O=C(O)CN1CCN(CC(=O)O)CCN(CC(=O)O)CCN(CC(=O)O)CC1.[Fe].[H-].[Na+]. The van der Waals surface area contributed by atoms with Gasteiger partial charge in [-0.2, -0.15) is 0 Å². The van der Waals surface area contributed by atoms with Crippen LogP contribution in [0.25, 0.3) is 0 Å². The van der Waals surface area contributed by atoms with Crippen molar-refractivity contribution in [3.05, 3.63) is 0 Å². The standard InChI is InChI=1S/C16H28N4O8.Fe.Na.H/c21-13(22)9-17-1-2-18(10-14(23)24)5-6-20(12-16(27)28)8-7-19(4-3-17)11-15(25)26;;;/h1-12H2,(H,21,22)(H,23,24)(H,25,26)(H,27,28);;;/q;;+1;-1. The average Bonchev–Trinajstić information content (AvgIpc) is 2.55. The van der Waals surface area contributed by atoms with E-state index in [1.807, 2.05) is 0 Å². The Bertz CT molecular complexity index is 466. The fraction of sp³-hybridized carbons (Fsp3) is 0.750. The van der Waals surface area contributed by atoms with Gasteiger partial charge in [0.25, 0.3) is 0 Å². The summed E-state index contributed by atoms with van der Waals surface area (Å²) in [4.78, 5) is 50.9. The summed E-state index contributed by atoms with van der Waals surface area (Å²) >= 11 is 0. The van der Waals surface area contributed by atoms with Crippen molar-refractivity contribution in [1.82, 2.24) is 19.6 Å². The Kier molecular flexibility index (Phi) is 17.7. The van der Waals surface area contributed by atoms with E-state index in [4.69, 9.17) is 20.4 Å². The van der Waals surface area contributed by atoms with E-state index in [1.165, 1.54) is 0 Å². The van der Waals surface area contributed by atoms with Crippen LogP contribution < -0.4 is 29.6 Å². The molecule has 0 atom stereocenters. The molecule has 0 amide bonds. The molecule has 0 aromatic heterocycles. The molecule has 0 saturated carbocycles. The summed E-state index contributed by atoms with van der Waals surface area (Å²) in [7, 11) is 0. The van der Waals surface area contributed by atoms with Crippen LogP contribution in [0.1, 0.15) is 1.43 Å². The molecule has 0 aliphatic carbocycles. The second-order valence-corrected chi connectivity index (χ2v) is 6.68. The molecule has 4 N–H and O–H groups in total. The molecule has 1 fully saturated rings. The van der Waals surface area contributed by atoms with E-state index < -0.39 is 23.9 Å². The molecular weight excluding hydrogens is 455 g/mol. The van der Waals surface area contributed by atoms with Crippen molar-refractivity contribution in [3.8, 4) is 0 Å². The first-order chi connectivity index (χ1) is 13.2. The molecule has 1 aliphatic rings. The van der Waals surface area contributed by atoms with Crippen LogP contribution in [-0.2, 0) is 36.2 Å². The maximum atomic E-state index is 11.1. The third-order valence-corrected chi connectivity index (χ3v) is 4.37. The predicted octanol–water partition coefficient (Wildman–Crippen LogP) is -5.34. The van der Waals surface area contributed by atoms with Crippen molar-refractivity contribution in [2.24, 2.45) is 0 Å².